The Morgan fingerprint density at radius 3 is 2.11 bits per heavy atom. The first kappa shape index (κ1) is 8.87. The summed E-state index contributed by atoms with van der Waals surface area (Å²) in [4.78, 5) is 0. The lowest BCUT2D eigenvalue weighted by Gasteiger charge is -2.00. The van der Waals surface area contributed by atoms with Crippen molar-refractivity contribution in [3.8, 4) is 0 Å². The van der Waals surface area contributed by atoms with Crippen LogP contribution in [0.25, 0.3) is 0 Å². The molecule has 0 aliphatic heterocycles. The number of rotatable bonds is 3. The Bertz CT molecular complexity index is 161. The SMILES string of the molecule is CC(N)CCS(N)(=O)=O. The van der Waals surface area contributed by atoms with Crippen molar-refractivity contribution >= 4 is 10.0 Å². The van der Waals surface area contributed by atoms with Crippen LogP contribution in [0.2, 0.25) is 0 Å². The molecule has 4 nitrogen and oxygen atoms in total. The molecule has 9 heavy (non-hydrogen) atoms. The lowest BCUT2D eigenvalue weighted by Crippen LogP contribution is -2.23. The third-order valence-corrected chi connectivity index (χ3v) is 1.66. The van der Waals surface area contributed by atoms with Gasteiger partial charge in [-0.25, -0.2) is 13.6 Å². The first-order valence-electron chi connectivity index (χ1n) is 2.68. The van der Waals surface area contributed by atoms with Gasteiger partial charge in [-0.05, 0) is 13.3 Å². The molecule has 0 saturated heterocycles. The van der Waals surface area contributed by atoms with Gasteiger partial charge in [0, 0.05) is 6.04 Å². The second-order valence-electron chi connectivity index (χ2n) is 2.13. The maximum atomic E-state index is 10.3. The summed E-state index contributed by atoms with van der Waals surface area (Å²) in [5.41, 5.74) is 5.28. The second-order valence-corrected chi connectivity index (χ2v) is 3.87. The highest BCUT2D eigenvalue weighted by Gasteiger charge is 2.03. The summed E-state index contributed by atoms with van der Waals surface area (Å²) >= 11 is 0. The number of primary sulfonamides is 1. The lowest BCUT2D eigenvalue weighted by atomic mass is 10.3. The molecule has 4 N–H and O–H groups in total. The molecule has 0 amide bonds. The zero-order valence-electron chi connectivity index (χ0n) is 5.37. The van der Waals surface area contributed by atoms with Gasteiger partial charge in [0.05, 0.1) is 5.75 Å². The van der Waals surface area contributed by atoms with Crippen LogP contribution in [0.3, 0.4) is 0 Å². The van der Waals surface area contributed by atoms with Crippen molar-refractivity contribution in [3.63, 3.8) is 0 Å². The number of nitrogens with two attached hydrogens (primary N) is 2. The van der Waals surface area contributed by atoms with Crippen molar-refractivity contribution < 1.29 is 8.42 Å². The van der Waals surface area contributed by atoms with E-state index in [4.69, 9.17) is 10.9 Å². The molecule has 56 valence electrons. The Morgan fingerprint density at radius 1 is 1.56 bits per heavy atom. The molecule has 1 unspecified atom stereocenters. The fourth-order valence-electron chi connectivity index (χ4n) is 0.350. The number of hydrogen-bond acceptors (Lipinski definition) is 3. The van der Waals surface area contributed by atoms with Crippen molar-refractivity contribution in [3.05, 3.63) is 0 Å². The molecular formula is C4H12N2O2S. The summed E-state index contributed by atoms with van der Waals surface area (Å²) in [7, 11) is -3.30. The van der Waals surface area contributed by atoms with Crippen LogP contribution >= 0.6 is 0 Å². The highest BCUT2D eigenvalue weighted by Crippen LogP contribution is 1.88. The van der Waals surface area contributed by atoms with E-state index in [1.807, 2.05) is 0 Å². The van der Waals surface area contributed by atoms with E-state index in [0.717, 1.165) is 0 Å². The third kappa shape index (κ3) is 7.87. The van der Waals surface area contributed by atoms with Gasteiger partial charge in [-0.3, -0.25) is 0 Å². The summed E-state index contributed by atoms with van der Waals surface area (Å²) in [6.07, 6.45) is 0.429. The van der Waals surface area contributed by atoms with Gasteiger partial charge in [0.25, 0.3) is 0 Å². The van der Waals surface area contributed by atoms with E-state index in [1.165, 1.54) is 0 Å². The van der Waals surface area contributed by atoms with Crippen LogP contribution in [0, 0.1) is 0 Å². The number of hydrogen-bond donors (Lipinski definition) is 2. The van der Waals surface area contributed by atoms with Gasteiger partial charge in [-0.2, -0.15) is 0 Å². The molecule has 0 spiro atoms. The zero-order valence-corrected chi connectivity index (χ0v) is 6.19. The molecule has 0 radical (unpaired) electrons. The van der Waals surface area contributed by atoms with Crippen LogP contribution in [0.15, 0.2) is 0 Å². The Hall–Kier alpha value is -0.130. The Morgan fingerprint density at radius 2 is 2.00 bits per heavy atom. The molecule has 5 heteroatoms. The molecule has 0 fully saturated rings. The van der Waals surface area contributed by atoms with Gasteiger partial charge in [-0.1, -0.05) is 0 Å². The van der Waals surface area contributed by atoms with Gasteiger partial charge in [0.2, 0.25) is 10.0 Å². The number of sulfonamides is 1. The normalized spacial score (nSPS) is 15.4. The maximum Gasteiger partial charge on any atom is 0.209 e. The topological polar surface area (TPSA) is 86.2 Å². The van der Waals surface area contributed by atoms with E-state index in [1.54, 1.807) is 6.92 Å². The van der Waals surface area contributed by atoms with E-state index in [-0.39, 0.29) is 11.8 Å². The van der Waals surface area contributed by atoms with Crippen molar-refractivity contribution in [2.24, 2.45) is 10.9 Å². The van der Waals surface area contributed by atoms with Crippen LogP contribution < -0.4 is 10.9 Å². The summed E-state index contributed by atoms with van der Waals surface area (Å²) in [5, 5.41) is 4.70. The summed E-state index contributed by atoms with van der Waals surface area (Å²) in [5.74, 6) is -0.0231. The Kier molecular flexibility index (Phi) is 3.10. The van der Waals surface area contributed by atoms with Gasteiger partial charge in [-0.15, -0.1) is 0 Å². The van der Waals surface area contributed by atoms with Gasteiger partial charge < -0.3 is 5.73 Å². The smallest absolute Gasteiger partial charge is 0.209 e. The molecule has 0 rings (SSSR count). The molecule has 0 saturated carbocycles. The fraction of sp³-hybridized carbons (Fsp3) is 1.00. The predicted octanol–water partition coefficient (Wildman–Crippen LogP) is -0.988. The van der Waals surface area contributed by atoms with E-state index in [0.29, 0.717) is 6.42 Å². The summed E-state index contributed by atoms with van der Waals surface area (Å²) in [6.45, 7) is 1.74. The van der Waals surface area contributed by atoms with Crippen LogP contribution in [-0.2, 0) is 10.0 Å². The summed E-state index contributed by atoms with van der Waals surface area (Å²) < 4.78 is 20.5. The van der Waals surface area contributed by atoms with E-state index in [9.17, 15) is 8.42 Å². The minimum absolute atomic E-state index is 0.0231. The van der Waals surface area contributed by atoms with Gasteiger partial charge in [0.1, 0.15) is 0 Å². The first-order valence-corrected chi connectivity index (χ1v) is 4.39. The van der Waals surface area contributed by atoms with Gasteiger partial charge >= 0.3 is 0 Å². The predicted molar refractivity (Wildman–Crippen MR) is 36.2 cm³/mol. The molecule has 0 aromatic carbocycles. The minimum atomic E-state index is -3.30. The quantitative estimate of drug-likeness (QED) is 0.544. The second kappa shape index (κ2) is 3.14. The van der Waals surface area contributed by atoms with Crippen LogP contribution in [-0.4, -0.2) is 20.2 Å². The van der Waals surface area contributed by atoms with E-state index >= 15 is 0 Å². The Labute approximate surface area is 55.3 Å². The van der Waals surface area contributed by atoms with Crippen molar-refractivity contribution in [1.82, 2.24) is 0 Å². The summed E-state index contributed by atoms with van der Waals surface area (Å²) in [6, 6.07) is -0.0941. The van der Waals surface area contributed by atoms with E-state index < -0.39 is 10.0 Å². The average molecular weight is 152 g/mol. The minimum Gasteiger partial charge on any atom is -0.328 e. The molecule has 0 aliphatic carbocycles. The highest BCUT2D eigenvalue weighted by atomic mass is 32.2. The largest absolute Gasteiger partial charge is 0.328 e. The van der Waals surface area contributed by atoms with Gasteiger partial charge in [0.15, 0.2) is 0 Å². The zero-order chi connectivity index (χ0) is 7.49. The molecule has 1 atom stereocenters. The molecule has 0 heterocycles. The maximum absolute atomic E-state index is 10.3. The lowest BCUT2D eigenvalue weighted by molar-refractivity contribution is 0.589. The monoisotopic (exact) mass is 152 g/mol. The standard InChI is InChI=1S/C4H12N2O2S/c1-4(5)2-3-9(6,7)8/h4H,2-3,5H2,1H3,(H2,6,7,8). The third-order valence-electron chi connectivity index (χ3n) is 0.858. The van der Waals surface area contributed by atoms with Crippen LogP contribution in [0.4, 0.5) is 0 Å². The van der Waals surface area contributed by atoms with Crippen molar-refractivity contribution in [2.45, 2.75) is 19.4 Å². The molecular weight excluding hydrogens is 140 g/mol. The molecule has 0 aliphatic rings. The first-order chi connectivity index (χ1) is 3.92. The Balaban J connectivity index is 3.53. The average Bonchev–Trinajstić information content (AvgIpc) is 1.59. The van der Waals surface area contributed by atoms with Crippen LogP contribution in [0.5, 0.6) is 0 Å². The van der Waals surface area contributed by atoms with E-state index in [2.05, 4.69) is 0 Å². The highest BCUT2D eigenvalue weighted by molar-refractivity contribution is 7.89. The molecule has 0 aromatic rings. The van der Waals surface area contributed by atoms with Crippen molar-refractivity contribution in [1.29, 1.82) is 0 Å². The fourth-order valence-corrected chi connectivity index (χ4v) is 1.05. The molecule has 0 aromatic heterocycles. The molecule has 0 bridgehead atoms. The van der Waals surface area contributed by atoms with Crippen LogP contribution in [0.1, 0.15) is 13.3 Å². The van der Waals surface area contributed by atoms with Crippen molar-refractivity contribution in [2.75, 3.05) is 5.75 Å².